The number of Topliss-reactive ketones (excluding diaryl/α,β-unsaturated/α-hetero) is 1. The molecule has 1 unspecified atom stereocenters. The van der Waals surface area contributed by atoms with Crippen molar-refractivity contribution in [1.29, 1.82) is 0 Å². The number of ether oxygens (including phenoxy) is 2. The Morgan fingerprint density at radius 1 is 1.06 bits per heavy atom. The molecular formula is C25H22N2O6. The number of pyridine rings is 1. The van der Waals surface area contributed by atoms with E-state index in [-0.39, 0.29) is 22.6 Å². The Labute approximate surface area is 190 Å². The lowest BCUT2D eigenvalue weighted by Crippen LogP contribution is -2.29. The summed E-state index contributed by atoms with van der Waals surface area (Å²) in [4.78, 5) is 31.8. The number of carbonyl (C=O) groups is 2. The van der Waals surface area contributed by atoms with Crippen LogP contribution in [0.1, 0.15) is 22.7 Å². The molecule has 2 heterocycles. The van der Waals surface area contributed by atoms with Gasteiger partial charge in [-0.1, -0.05) is 12.1 Å². The maximum atomic E-state index is 13.3. The van der Waals surface area contributed by atoms with E-state index in [9.17, 15) is 19.8 Å². The molecule has 1 aliphatic rings. The highest BCUT2D eigenvalue weighted by Gasteiger charge is 2.48. The molecule has 1 aliphatic heterocycles. The predicted molar refractivity (Wildman–Crippen MR) is 121 cm³/mol. The van der Waals surface area contributed by atoms with E-state index in [2.05, 4.69) is 4.98 Å². The molecule has 2 N–H and O–H groups in total. The molecule has 1 saturated heterocycles. The molecule has 168 valence electrons. The number of phenolic OH excluding ortho intramolecular Hbond substituents is 1. The maximum absolute atomic E-state index is 13.3. The second-order valence-corrected chi connectivity index (χ2v) is 7.51. The Bertz CT molecular complexity index is 1270. The molecule has 3 aromatic rings. The number of aromatic nitrogens is 1. The maximum Gasteiger partial charge on any atom is 0.300 e. The smallest absolute Gasteiger partial charge is 0.300 e. The van der Waals surface area contributed by atoms with Crippen molar-refractivity contribution < 1.29 is 29.3 Å². The third kappa shape index (κ3) is 3.76. The third-order valence-corrected chi connectivity index (χ3v) is 5.50. The van der Waals surface area contributed by atoms with E-state index in [1.54, 1.807) is 49.5 Å². The van der Waals surface area contributed by atoms with Crippen LogP contribution in [0.2, 0.25) is 0 Å². The van der Waals surface area contributed by atoms with E-state index in [0.29, 0.717) is 17.1 Å². The monoisotopic (exact) mass is 446 g/mol. The van der Waals surface area contributed by atoms with Crippen LogP contribution in [0.3, 0.4) is 0 Å². The minimum absolute atomic E-state index is 0.152. The quantitative estimate of drug-likeness (QED) is 0.349. The number of ketones is 1. The topological polar surface area (TPSA) is 109 Å². The number of amides is 1. The third-order valence-electron chi connectivity index (χ3n) is 5.50. The second kappa shape index (κ2) is 8.66. The van der Waals surface area contributed by atoms with Crippen molar-refractivity contribution in [2.45, 2.75) is 13.0 Å². The van der Waals surface area contributed by atoms with Gasteiger partial charge in [-0.2, -0.15) is 0 Å². The molecule has 0 radical (unpaired) electrons. The van der Waals surface area contributed by atoms with Crippen molar-refractivity contribution in [2.24, 2.45) is 0 Å². The second-order valence-electron chi connectivity index (χ2n) is 7.51. The van der Waals surface area contributed by atoms with Gasteiger partial charge < -0.3 is 19.7 Å². The first kappa shape index (κ1) is 21.9. The summed E-state index contributed by atoms with van der Waals surface area (Å²) in [5.41, 5.74) is 1.46. The molecule has 1 aromatic heterocycles. The summed E-state index contributed by atoms with van der Waals surface area (Å²) in [6.07, 6.45) is 3.07. The number of methoxy groups -OCH3 is 2. The Hall–Kier alpha value is -4.33. The van der Waals surface area contributed by atoms with Crippen LogP contribution in [0.4, 0.5) is 5.69 Å². The van der Waals surface area contributed by atoms with E-state index in [0.717, 1.165) is 5.56 Å². The van der Waals surface area contributed by atoms with Crippen molar-refractivity contribution in [3.63, 3.8) is 0 Å². The van der Waals surface area contributed by atoms with Crippen LogP contribution in [-0.2, 0) is 9.59 Å². The van der Waals surface area contributed by atoms with Crippen LogP contribution in [0.15, 0.2) is 66.5 Å². The van der Waals surface area contributed by atoms with Crippen LogP contribution in [0, 0.1) is 6.92 Å². The molecule has 1 amide bonds. The number of aliphatic hydroxyl groups excluding tert-OH is 1. The summed E-state index contributed by atoms with van der Waals surface area (Å²) >= 11 is 0. The van der Waals surface area contributed by atoms with E-state index < -0.39 is 23.5 Å². The highest BCUT2D eigenvalue weighted by molar-refractivity contribution is 6.52. The van der Waals surface area contributed by atoms with Crippen LogP contribution in [0.25, 0.3) is 5.76 Å². The molecule has 33 heavy (non-hydrogen) atoms. The van der Waals surface area contributed by atoms with Gasteiger partial charge in [-0.05, 0) is 54.4 Å². The zero-order valence-electron chi connectivity index (χ0n) is 18.3. The van der Waals surface area contributed by atoms with Crippen molar-refractivity contribution in [2.75, 3.05) is 19.1 Å². The number of hydrogen-bond donors (Lipinski definition) is 2. The fourth-order valence-electron chi connectivity index (χ4n) is 3.90. The van der Waals surface area contributed by atoms with E-state index in [1.165, 1.54) is 37.4 Å². The van der Waals surface area contributed by atoms with Crippen molar-refractivity contribution >= 4 is 23.1 Å². The van der Waals surface area contributed by atoms with Crippen molar-refractivity contribution in [3.05, 3.63) is 83.2 Å². The van der Waals surface area contributed by atoms with Gasteiger partial charge in [-0.25, -0.2) is 0 Å². The van der Waals surface area contributed by atoms with E-state index >= 15 is 0 Å². The Morgan fingerprint density at radius 3 is 2.52 bits per heavy atom. The van der Waals surface area contributed by atoms with Gasteiger partial charge in [0.05, 0.1) is 37.1 Å². The molecule has 0 bridgehead atoms. The van der Waals surface area contributed by atoms with Crippen LogP contribution >= 0.6 is 0 Å². The number of aryl methyl sites for hydroxylation is 1. The average Bonchev–Trinajstić information content (AvgIpc) is 3.10. The first-order valence-electron chi connectivity index (χ1n) is 10.1. The largest absolute Gasteiger partial charge is 0.507 e. The molecule has 8 nitrogen and oxygen atoms in total. The zero-order chi connectivity index (χ0) is 23.7. The van der Waals surface area contributed by atoms with E-state index in [1.807, 2.05) is 0 Å². The fourth-order valence-corrected chi connectivity index (χ4v) is 3.90. The van der Waals surface area contributed by atoms with Crippen LogP contribution in [0.5, 0.6) is 17.2 Å². The van der Waals surface area contributed by atoms with Gasteiger partial charge in [0.2, 0.25) is 0 Å². The first-order chi connectivity index (χ1) is 15.9. The Morgan fingerprint density at radius 2 is 1.85 bits per heavy atom. The lowest BCUT2D eigenvalue weighted by molar-refractivity contribution is -0.132. The molecule has 0 spiro atoms. The zero-order valence-corrected chi connectivity index (χ0v) is 18.3. The van der Waals surface area contributed by atoms with E-state index in [4.69, 9.17) is 9.47 Å². The number of phenols is 1. The van der Waals surface area contributed by atoms with Gasteiger partial charge in [0.1, 0.15) is 23.0 Å². The molecule has 4 rings (SSSR count). The summed E-state index contributed by atoms with van der Waals surface area (Å²) < 4.78 is 10.6. The van der Waals surface area contributed by atoms with Crippen LogP contribution in [-0.4, -0.2) is 41.1 Å². The van der Waals surface area contributed by atoms with Gasteiger partial charge in [0, 0.05) is 12.4 Å². The van der Waals surface area contributed by atoms with Gasteiger partial charge >= 0.3 is 0 Å². The molecule has 0 aliphatic carbocycles. The summed E-state index contributed by atoms with van der Waals surface area (Å²) in [6.45, 7) is 1.81. The number of anilines is 1. The van der Waals surface area contributed by atoms with Gasteiger partial charge in [-0.15, -0.1) is 0 Å². The minimum Gasteiger partial charge on any atom is -0.507 e. The number of benzene rings is 2. The standard InChI is InChI=1S/C25H22N2O6/c1-14-6-8-19(28)18(11-14)27-22(15-5-4-10-26-13-15)21(24(30)25(27)31)23(29)17-12-16(32-2)7-9-20(17)33-3/h4-13,22,28-29H,1-3H3/b23-21+. The summed E-state index contributed by atoms with van der Waals surface area (Å²) in [5.74, 6) is -1.65. The molecular weight excluding hydrogens is 424 g/mol. The lowest BCUT2D eigenvalue weighted by Gasteiger charge is -2.26. The van der Waals surface area contributed by atoms with Gasteiger partial charge in [-0.3, -0.25) is 19.5 Å². The Kier molecular flexibility index (Phi) is 5.74. The summed E-state index contributed by atoms with van der Waals surface area (Å²) in [6, 6.07) is 11.8. The highest BCUT2D eigenvalue weighted by Crippen LogP contribution is 2.45. The number of aliphatic hydroxyl groups is 1. The molecule has 1 fully saturated rings. The Balaban J connectivity index is 2.01. The highest BCUT2D eigenvalue weighted by atomic mass is 16.5. The first-order valence-corrected chi connectivity index (χ1v) is 10.1. The summed E-state index contributed by atoms with van der Waals surface area (Å²) in [5, 5.41) is 21.8. The molecule has 0 saturated carbocycles. The number of rotatable bonds is 5. The minimum atomic E-state index is -1.03. The predicted octanol–water partition coefficient (Wildman–Crippen LogP) is 3.74. The lowest BCUT2D eigenvalue weighted by atomic mass is 9.95. The SMILES string of the molecule is COc1ccc(OC)c(/C(O)=C2\C(=O)C(=O)N(c3cc(C)ccc3O)C2c2cccnc2)c1. The fraction of sp³-hybridized carbons (Fsp3) is 0.160. The van der Waals surface area contributed by atoms with Crippen LogP contribution < -0.4 is 14.4 Å². The summed E-state index contributed by atoms with van der Waals surface area (Å²) in [7, 11) is 2.90. The number of nitrogens with zero attached hydrogens (tertiary/aromatic N) is 2. The molecule has 1 atom stereocenters. The van der Waals surface area contributed by atoms with Crippen molar-refractivity contribution in [1.82, 2.24) is 4.98 Å². The number of aromatic hydroxyl groups is 1. The average molecular weight is 446 g/mol. The number of carbonyl (C=O) groups excluding carboxylic acids is 2. The molecule has 8 heteroatoms. The van der Waals surface area contributed by atoms with Gasteiger partial charge in [0.25, 0.3) is 11.7 Å². The van der Waals surface area contributed by atoms with Crippen molar-refractivity contribution in [3.8, 4) is 17.2 Å². The molecule has 2 aromatic carbocycles. The number of hydrogen-bond acceptors (Lipinski definition) is 7. The van der Waals surface area contributed by atoms with Gasteiger partial charge in [0.15, 0.2) is 0 Å². The normalized spacial score (nSPS) is 17.3.